The number of aromatic amines is 3. The number of H-pyrrole nitrogens is 3. The smallest absolute Gasteiger partial charge is 0.274 e. The standard InChI is InChI=1S/C35H32BrN5O7/c1-15-28(16(2)42)30-29-18(13-36)14-41(25(29)12-26(43)31(30)37-15)35(45)24-9-17-8-19(6-7-21(17)39-24)38-34(44)23-10-20-22(40-23)11-27(46-3)33(48-5)32(20)47-4/h6-12,18,37,39-40,43H,13-14H2,1-5H3,(H,38,44). The lowest BCUT2D eigenvalue weighted by atomic mass is 9.94. The number of aromatic hydroxyl groups is 1. The first kappa shape index (κ1) is 31.2. The van der Waals surface area contributed by atoms with Gasteiger partial charge in [-0.3, -0.25) is 14.4 Å². The highest BCUT2D eigenvalue weighted by atomic mass is 79.9. The van der Waals surface area contributed by atoms with Crippen LogP contribution in [0.5, 0.6) is 23.0 Å². The van der Waals surface area contributed by atoms with Gasteiger partial charge >= 0.3 is 0 Å². The number of hydrogen-bond acceptors (Lipinski definition) is 7. The Kier molecular flexibility index (Phi) is 7.58. The summed E-state index contributed by atoms with van der Waals surface area (Å²) in [5.41, 5.74) is 5.61. The summed E-state index contributed by atoms with van der Waals surface area (Å²) < 4.78 is 16.5. The molecule has 1 atom stereocenters. The van der Waals surface area contributed by atoms with E-state index in [0.29, 0.717) is 90.5 Å². The molecule has 5 N–H and O–H groups in total. The van der Waals surface area contributed by atoms with Gasteiger partial charge in [0.15, 0.2) is 17.3 Å². The molecule has 0 bridgehead atoms. The molecule has 4 heterocycles. The third kappa shape index (κ3) is 4.76. The Morgan fingerprint density at radius 3 is 2.40 bits per heavy atom. The minimum Gasteiger partial charge on any atom is -0.506 e. The lowest BCUT2D eigenvalue weighted by Crippen LogP contribution is -2.30. The summed E-state index contributed by atoms with van der Waals surface area (Å²) in [5.74, 6) is 0.426. The molecule has 12 nitrogen and oxygen atoms in total. The number of nitrogens with one attached hydrogen (secondary N) is 4. The van der Waals surface area contributed by atoms with Crippen molar-refractivity contribution in [1.82, 2.24) is 15.0 Å². The Labute approximate surface area is 282 Å². The molecule has 0 saturated carbocycles. The molecule has 1 aliphatic rings. The van der Waals surface area contributed by atoms with Gasteiger partial charge in [-0.25, -0.2) is 0 Å². The number of ketones is 1. The van der Waals surface area contributed by atoms with Crippen molar-refractivity contribution in [3.05, 3.63) is 70.7 Å². The third-order valence-corrected chi connectivity index (χ3v) is 9.71. The number of aryl methyl sites for hydroxylation is 1. The molecule has 6 aromatic rings. The number of carbonyl (C=O) groups excluding carboxylic acids is 3. The number of nitrogens with zero attached hydrogens (tertiary/aromatic N) is 1. The number of rotatable bonds is 8. The Morgan fingerprint density at radius 1 is 0.958 bits per heavy atom. The largest absolute Gasteiger partial charge is 0.506 e. The molecule has 3 aromatic carbocycles. The number of phenolic OH excluding ortho intramolecular Hbond substituents is 1. The molecule has 48 heavy (non-hydrogen) atoms. The summed E-state index contributed by atoms with van der Waals surface area (Å²) in [6.07, 6.45) is 0. The van der Waals surface area contributed by atoms with Gasteiger partial charge in [-0.15, -0.1) is 0 Å². The quantitative estimate of drug-likeness (QED) is 0.0860. The van der Waals surface area contributed by atoms with E-state index in [1.165, 1.54) is 28.3 Å². The highest BCUT2D eigenvalue weighted by molar-refractivity contribution is 9.09. The lowest BCUT2D eigenvalue weighted by Gasteiger charge is -2.17. The molecule has 0 saturated heterocycles. The van der Waals surface area contributed by atoms with Crippen molar-refractivity contribution in [3.63, 3.8) is 0 Å². The molecule has 13 heteroatoms. The first-order valence-corrected chi connectivity index (χ1v) is 16.2. The van der Waals surface area contributed by atoms with E-state index < -0.39 is 0 Å². The van der Waals surface area contributed by atoms with Gasteiger partial charge in [0.2, 0.25) is 5.75 Å². The monoisotopic (exact) mass is 713 g/mol. The third-order valence-electron chi connectivity index (χ3n) is 8.93. The molecular formula is C35H32BrN5O7. The second-order valence-electron chi connectivity index (χ2n) is 11.8. The fraction of sp³-hybridized carbons (Fsp3) is 0.229. The number of aromatic nitrogens is 3. The van der Waals surface area contributed by atoms with Crippen molar-refractivity contribution >= 4 is 77.6 Å². The molecule has 0 aliphatic carbocycles. The van der Waals surface area contributed by atoms with Gasteiger partial charge < -0.3 is 44.5 Å². The Balaban J connectivity index is 1.19. The average molecular weight is 715 g/mol. The fourth-order valence-electron chi connectivity index (χ4n) is 6.84. The summed E-state index contributed by atoms with van der Waals surface area (Å²) in [6.45, 7) is 3.67. The van der Waals surface area contributed by atoms with Crippen LogP contribution in [0.4, 0.5) is 11.4 Å². The van der Waals surface area contributed by atoms with Crippen LogP contribution >= 0.6 is 15.9 Å². The van der Waals surface area contributed by atoms with Crippen LogP contribution in [-0.4, -0.2) is 70.9 Å². The van der Waals surface area contributed by atoms with E-state index >= 15 is 0 Å². The van der Waals surface area contributed by atoms with Gasteiger partial charge in [0.25, 0.3) is 11.8 Å². The van der Waals surface area contributed by atoms with Gasteiger partial charge in [0.05, 0.1) is 38.1 Å². The number of halogens is 1. The summed E-state index contributed by atoms with van der Waals surface area (Å²) in [4.78, 5) is 51.1. The highest BCUT2D eigenvalue weighted by Gasteiger charge is 2.37. The number of hydrogen-bond donors (Lipinski definition) is 5. The van der Waals surface area contributed by atoms with Crippen LogP contribution < -0.4 is 24.4 Å². The maximum absolute atomic E-state index is 14.0. The van der Waals surface area contributed by atoms with Crippen LogP contribution in [0.15, 0.2) is 42.5 Å². The molecular weight excluding hydrogens is 682 g/mol. The van der Waals surface area contributed by atoms with Crippen LogP contribution in [0.1, 0.15) is 55.4 Å². The van der Waals surface area contributed by atoms with Crippen molar-refractivity contribution in [3.8, 4) is 23.0 Å². The molecule has 7 rings (SSSR count). The number of carbonyl (C=O) groups is 3. The van der Waals surface area contributed by atoms with Gasteiger partial charge in [0, 0.05) is 68.5 Å². The number of methoxy groups -OCH3 is 3. The van der Waals surface area contributed by atoms with E-state index in [0.717, 1.165) is 10.9 Å². The van der Waals surface area contributed by atoms with Crippen molar-refractivity contribution < 1.29 is 33.7 Å². The summed E-state index contributed by atoms with van der Waals surface area (Å²) in [6, 6.07) is 12.1. The Bertz CT molecular complexity index is 2320. The van der Waals surface area contributed by atoms with Crippen molar-refractivity contribution in [2.75, 3.05) is 43.4 Å². The Morgan fingerprint density at radius 2 is 1.71 bits per heavy atom. The number of amides is 2. The number of anilines is 2. The summed E-state index contributed by atoms with van der Waals surface area (Å²) in [5, 5.41) is 16.5. The van der Waals surface area contributed by atoms with Gasteiger partial charge in [-0.2, -0.15) is 0 Å². The summed E-state index contributed by atoms with van der Waals surface area (Å²) in [7, 11) is 4.56. The molecule has 0 fully saturated rings. The summed E-state index contributed by atoms with van der Waals surface area (Å²) >= 11 is 3.60. The molecule has 2 amide bonds. The fourth-order valence-corrected chi connectivity index (χ4v) is 7.37. The van der Waals surface area contributed by atoms with Gasteiger partial charge in [-0.05, 0) is 49.7 Å². The van der Waals surface area contributed by atoms with E-state index in [-0.39, 0.29) is 29.3 Å². The SMILES string of the molecule is COc1cc2[nH]c(C(=O)Nc3ccc4[nH]c(C(=O)N5CC(CBr)c6c5cc(O)c5[nH]c(C)c(C(C)=O)c65)cc4c3)cc2c(OC)c1OC. The minimum atomic E-state index is -0.372. The van der Waals surface area contributed by atoms with Crippen LogP contribution in [0, 0.1) is 6.92 Å². The molecule has 0 radical (unpaired) electrons. The van der Waals surface area contributed by atoms with Gasteiger partial charge in [0.1, 0.15) is 17.1 Å². The molecule has 1 unspecified atom stereocenters. The average Bonchev–Trinajstić information content (AvgIpc) is 3.85. The lowest BCUT2D eigenvalue weighted by molar-refractivity contribution is 0.0981. The van der Waals surface area contributed by atoms with E-state index in [2.05, 4.69) is 36.2 Å². The number of fused-ring (bicyclic) bond motifs is 5. The molecule has 3 aromatic heterocycles. The van der Waals surface area contributed by atoms with E-state index in [1.54, 1.807) is 54.3 Å². The second-order valence-corrected chi connectivity index (χ2v) is 12.4. The molecule has 246 valence electrons. The van der Waals surface area contributed by atoms with Crippen molar-refractivity contribution in [1.29, 1.82) is 0 Å². The number of benzene rings is 3. The van der Waals surface area contributed by atoms with Crippen LogP contribution in [0.2, 0.25) is 0 Å². The normalized spacial score (nSPS) is 14.1. The predicted molar refractivity (Wildman–Crippen MR) is 187 cm³/mol. The van der Waals surface area contributed by atoms with E-state index in [1.807, 2.05) is 0 Å². The highest BCUT2D eigenvalue weighted by Crippen LogP contribution is 2.48. The van der Waals surface area contributed by atoms with Gasteiger partial charge in [-0.1, -0.05) is 15.9 Å². The first-order valence-electron chi connectivity index (χ1n) is 15.1. The number of alkyl halides is 1. The minimum absolute atomic E-state index is 0.0314. The second kappa shape index (κ2) is 11.7. The topological polar surface area (TPSA) is 162 Å². The number of Topliss-reactive ketones (excluding diaryl/α,β-unsaturated/α-hetero) is 1. The molecule has 0 spiro atoms. The van der Waals surface area contributed by atoms with E-state index in [4.69, 9.17) is 14.2 Å². The maximum atomic E-state index is 14.0. The predicted octanol–water partition coefficient (Wildman–Crippen LogP) is 6.76. The zero-order valence-corrected chi connectivity index (χ0v) is 28.3. The van der Waals surface area contributed by atoms with Crippen LogP contribution in [0.3, 0.4) is 0 Å². The van der Waals surface area contributed by atoms with Crippen molar-refractivity contribution in [2.24, 2.45) is 0 Å². The first-order chi connectivity index (χ1) is 23.1. The Hall–Kier alpha value is -5.43. The number of ether oxygens (including phenoxy) is 3. The zero-order valence-electron chi connectivity index (χ0n) is 26.8. The van der Waals surface area contributed by atoms with E-state index in [9.17, 15) is 19.5 Å². The van der Waals surface area contributed by atoms with Crippen LogP contribution in [-0.2, 0) is 0 Å². The maximum Gasteiger partial charge on any atom is 0.274 e. The van der Waals surface area contributed by atoms with Crippen LogP contribution in [0.25, 0.3) is 32.7 Å². The molecule has 1 aliphatic heterocycles. The zero-order chi connectivity index (χ0) is 34.0. The van der Waals surface area contributed by atoms with Crippen molar-refractivity contribution in [2.45, 2.75) is 19.8 Å². The number of phenols is 1.